The van der Waals surface area contributed by atoms with Gasteiger partial charge in [-0.25, -0.2) is 9.78 Å². The van der Waals surface area contributed by atoms with Crippen molar-refractivity contribution in [2.45, 2.75) is 13.5 Å². The standard InChI is InChI=1S/C23H26N4O2S/c1-2-29-21-11-7-6-10-19(21)25-23(28)27-14-12-26(13-15-27)16-22-24-20(17-30-22)18-8-4-3-5-9-18/h3-11,17H,2,12-16H2,1H3,(H,25,28). The van der Waals surface area contributed by atoms with Crippen molar-refractivity contribution < 1.29 is 9.53 Å². The van der Waals surface area contributed by atoms with Gasteiger partial charge in [0, 0.05) is 37.1 Å². The van der Waals surface area contributed by atoms with Crippen LogP contribution in [0.4, 0.5) is 10.5 Å². The van der Waals surface area contributed by atoms with Crippen molar-refractivity contribution in [2.75, 3.05) is 38.1 Å². The number of ether oxygens (including phenoxy) is 1. The molecule has 4 rings (SSSR count). The van der Waals surface area contributed by atoms with Crippen LogP contribution in [-0.2, 0) is 6.54 Å². The van der Waals surface area contributed by atoms with E-state index >= 15 is 0 Å². The maximum atomic E-state index is 12.7. The van der Waals surface area contributed by atoms with E-state index in [1.54, 1.807) is 11.3 Å². The zero-order chi connectivity index (χ0) is 20.8. The van der Waals surface area contributed by atoms with Crippen molar-refractivity contribution >= 4 is 23.1 Å². The van der Waals surface area contributed by atoms with Crippen molar-refractivity contribution in [3.8, 4) is 17.0 Å². The minimum absolute atomic E-state index is 0.0811. The molecular formula is C23H26N4O2S. The Balaban J connectivity index is 1.29. The largest absolute Gasteiger partial charge is 0.492 e. The van der Waals surface area contributed by atoms with Gasteiger partial charge in [0.05, 0.1) is 24.5 Å². The predicted octanol–water partition coefficient (Wildman–Crippen LogP) is 4.56. The number of para-hydroxylation sites is 2. The summed E-state index contributed by atoms with van der Waals surface area (Å²) in [6.07, 6.45) is 0. The second-order valence-electron chi connectivity index (χ2n) is 7.12. The number of piperazine rings is 1. The first-order chi connectivity index (χ1) is 14.7. The van der Waals surface area contributed by atoms with Crippen LogP contribution in [-0.4, -0.2) is 53.6 Å². The number of hydrogen-bond acceptors (Lipinski definition) is 5. The first kappa shape index (κ1) is 20.4. The van der Waals surface area contributed by atoms with Crippen LogP contribution in [0.1, 0.15) is 11.9 Å². The summed E-state index contributed by atoms with van der Waals surface area (Å²) in [6.45, 7) is 6.37. The number of nitrogens with zero attached hydrogens (tertiary/aromatic N) is 3. The van der Waals surface area contributed by atoms with Crippen molar-refractivity contribution in [1.82, 2.24) is 14.8 Å². The van der Waals surface area contributed by atoms with E-state index in [0.717, 1.165) is 35.9 Å². The summed E-state index contributed by atoms with van der Waals surface area (Å²) in [5.74, 6) is 0.699. The molecule has 0 spiro atoms. The third-order valence-electron chi connectivity index (χ3n) is 5.07. The lowest BCUT2D eigenvalue weighted by Crippen LogP contribution is -2.49. The monoisotopic (exact) mass is 422 g/mol. The molecule has 0 atom stereocenters. The van der Waals surface area contributed by atoms with E-state index in [0.29, 0.717) is 31.1 Å². The second kappa shape index (κ2) is 9.73. The maximum Gasteiger partial charge on any atom is 0.322 e. The van der Waals surface area contributed by atoms with Crippen LogP contribution in [0.2, 0.25) is 0 Å². The molecule has 1 fully saturated rings. The van der Waals surface area contributed by atoms with Crippen LogP contribution in [0, 0.1) is 0 Å². The molecule has 1 saturated heterocycles. The van der Waals surface area contributed by atoms with E-state index in [2.05, 4.69) is 27.7 Å². The number of hydrogen-bond donors (Lipinski definition) is 1. The summed E-state index contributed by atoms with van der Waals surface area (Å²) in [4.78, 5) is 21.7. The summed E-state index contributed by atoms with van der Waals surface area (Å²) >= 11 is 1.69. The Labute approximate surface area is 181 Å². The Hall–Kier alpha value is -2.90. The summed E-state index contributed by atoms with van der Waals surface area (Å²) in [5.41, 5.74) is 2.89. The fraction of sp³-hybridized carbons (Fsp3) is 0.304. The molecule has 6 nitrogen and oxygen atoms in total. The predicted molar refractivity (Wildman–Crippen MR) is 121 cm³/mol. The lowest BCUT2D eigenvalue weighted by Gasteiger charge is -2.34. The molecule has 30 heavy (non-hydrogen) atoms. The number of urea groups is 1. The smallest absolute Gasteiger partial charge is 0.322 e. The molecule has 1 aliphatic heterocycles. The lowest BCUT2D eigenvalue weighted by molar-refractivity contribution is 0.143. The molecule has 0 saturated carbocycles. The molecule has 1 aromatic heterocycles. The SMILES string of the molecule is CCOc1ccccc1NC(=O)N1CCN(Cc2nc(-c3ccccc3)cs2)CC1. The number of carbonyl (C=O) groups excluding carboxylic acids is 1. The molecule has 2 aromatic carbocycles. The van der Waals surface area contributed by atoms with Gasteiger partial charge in [0.15, 0.2) is 0 Å². The van der Waals surface area contributed by atoms with Crippen molar-refractivity contribution in [2.24, 2.45) is 0 Å². The van der Waals surface area contributed by atoms with Crippen LogP contribution in [0.3, 0.4) is 0 Å². The summed E-state index contributed by atoms with van der Waals surface area (Å²) in [7, 11) is 0. The molecule has 2 heterocycles. The summed E-state index contributed by atoms with van der Waals surface area (Å²) in [6, 6.07) is 17.7. The van der Waals surface area contributed by atoms with Crippen molar-refractivity contribution in [3.63, 3.8) is 0 Å². The van der Waals surface area contributed by atoms with Crippen LogP contribution in [0.5, 0.6) is 5.75 Å². The first-order valence-electron chi connectivity index (χ1n) is 10.2. The number of amides is 2. The highest BCUT2D eigenvalue weighted by Gasteiger charge is 2.22. The number of nitrogens with one attached hydrogen (secondary N) is 1. The van der Waals surface area contributed by atoms with Gasteiger partial charge in [-0.1, -0.05) is 42.5 Å². The van der Waals surface area contributed by atoms with Gasteiger partial charge in [-0.05, 0) is 19.1 Å². The van der Waals surface area contributed by atoms with Gasteiger partial charge in [0.2, 0.25) is 0 Å². The zero-order valence-electron chi connectivity index (χ0n) is 17.1. The maximum absolute atomic E-state index is 12.7. The van der Waals surface area contributed by atoms with Crippen LogP contribution < -0.4 is 10.1 Å². The average Bonchev–Trinajstić information content (AvgIpc) is 3.25. The van der Waals surface area contributed by atoms with Gasteiger partial charge < -0.3 is 15.0 Å². The highest BCUT2D eigenvalue weighted by atomic mass is 32.1. The van der Waals surface area contributed by atoms with Gasteiger partial charge in [-0.3, -0.25) is 4.90 Å². The molecule has 1 N–H and O–H groups in total. The van der Waals surface area contributed by atoms with Crippen LogP contribution in [0.15, 0.2) is 60.0 Å². The summed E-state index contributed by atoms with van der Waals surface area (Å²) in [5, 5.41) is 6.21. The highest BCUT2D eigenvalue weighted by molar-refractivity contribution is 7.09. The molecule has 2 amide bonds. The lowest BCUT2D eigenvalue weighted by atomic mass is 10.2. The molecule has 1 aliphatic rings. The molecule has 0 bridgehead atoms. The Morgan fingerprint density at radius 2 is 1.80 bits per heavy atom. The average molecular weight is 423 g/mol. The normalized spacial score (nSPS) is 14.5. The second-order valence-corrected chi connectivity index (χ2v) is 8.06. The third-order valence-corrected chi connectivity index (χ3v) is 5.90. The van der Waals surface area contributed by atoms with Gasteiger partial charge in [-0.15, -0.1) is 11.3 Å². The number of rotatable bonds is 6. The molecule has 7 heteroatoms. The van der Waals surface area contributed by atoms with E-state index in [-0.39, 0.29) is 6.03 Å². The van der Waals surface area contributed by atoms with Gasteiger partial charge in [0.1, 0.15) is 10.8 Å². The van der Waals surface area contributed by atoms with E-state index < -0.39 is 0 Å². The zero-order valence-corrected chi connectivity index (χ0v) is 17.9. The number of anilines is 1. The number of thiazole rings is 1. The topological polar surface area (TPSA) is 57.7 Å². The minimum atomic E-state index is -0.0811. The Morgan fingerprint density at radius 3 is 2.57 bits per heavy atom. The number of benzene rings is 2. The van der Waals surface area contributed by atoms with Crippen molar-refractivity contribution in [3.05, 3.63) is 65.0 Å². The Kier molecular flexibility index (Phi) is 6.61. The molecular weight excluding hydrogens is 396 g/mol. The quantitative estimate of drug-likeness (QED) is 0.633. The van der Waals surface area contributed by atoms with Crippen molar-refractivity contribution in [1.29, 1.82) is 0 Å². The van der Waals surface area contributed by atoms with E-state index in [4.69, 9.17) is 9.72 Å². The van der Waals surface area contributed by atoms with E-state index in [9.17, 15) is 4.79 Å². The van der Waals surface area contributed by atoms with Crippen LogP contribution in [0.25, 0.3) is 11.3 Å². The number of carbonyl (C=O) groups is 1. The molecule has 0 aliphatic carbocycles. The van der Waals surface area contributed by atoms with E-state index in [1.165, 1.54) is 0 Å². The first-order valence-corrected chi connectivity index (χ1v) is 11.1. The Bertz CT molecular complexity index is 968. The molecule has 156 valence electrons. The van der Waals surface area contributed by atoms with Gasteiger partial charge in [0.25, 0.3) is 0 Å². The van der Waals surface area contributed by atoms with Gasteiger partial charge >= 0.3 is 6.03 Å². The number of aromatic nitrogens is 1. The minimum Gasteiger partial charge on any atom is -0.492 e. The molecule has 0 radical (unpaired) electrons. The molecule has 0 unspecified atom stereocenters. The fourth-order valence-electron chi connectivity index (χ4n) is 3.47. The molecule has 3 aromatic rings. The third kappa shape index (κ3) is 4.98. The van der Waals surface area contributed by atoms with Gasteiger partial charge in [-0.2, -0.15) is 0 Å². The summed E-state index contributed by atoms with van der Waals surface area (Å²) < 4.78 is 5.60. The van der Waals surface area contributed by atoms with Crippen LogP contribution >= 0.6 is 11.3 Å². The fourth-order valence-corrected chi connectivity index (χ4v) is 4.32. The van der Waals surface area contributed by atoms with E-state index in [1.807, 2.05) is 54.3 Å². The highest BCUT2D eigenvalue weighted by Crippen LogP contribution is 2.25. The Morgan fingerprint density at radius 1 is 1.07 bits per heavy atom.